The van der Waals surface area contributed by atoms with Gasteiger partial charge in [0.05, 0.1) is 18.2 Å². The number of nitrogens with one attached hydrogen (secondary N) is 1. The molecule has 5 heteroatoms. The van der Waals surface area contributed by atoms with Crippen molar-refractivity contribution in [3.63, 3.8) is 0 Å². The number of rotatable bonds is 2. The van der Waals surface area contributed by atoms with Gasteiger partial charge in [0.1, 0.15) is 0 Å². The Balaban J connectivity index is 2.54. The van der Waals surface area contributed by atoms with Crippen LogP contribution in [-0.4, -0.2) is 42.1 Å². The molecule has 82 valence electrons. The highest BCUT2D eigenvalue weighted by Crippen LogP contribution is 2.13. The number of ether oxygens (including phenoxy) is 1. The van der Waals surface area contributed by atoms with Gasteiger partial charge in [-0.2, -0.15) is 0 Å². The summed E-state index contributed by atoms with van der Waals surface area (Å²) in [5.41, 5.74) is 2.17. The SMILES string of the molecule is C[C@@H]1CN([C@H](C)C(=O)NN)C[C@H](C)O1. The van der Waals surface area contributed by atoms with Crippen LogP contribution in [-0.2, 0) is 9.53 Å². The van der Waals surface area contributed by atoms with Crippen molar-refractivity contribution in [1.82, 2.24) is 10.3 Å². The average molecular weight is 201 g/mol. The molecule has 1 amide bonds. The lowest BCUT2D eigenvalue weighted by Crippen LogP contribution is -2.54. The lowest BCUT2D eigenvalue weighted by molar-refractivity contribution is -0.131. The minimum atomic E-state index is -0.186. The van der Waals surface area contributed by atoms with E-state index in [0.29, 0.717) is 0 Å². The van der Waals surface area contributed by atoms with E-state index in [9.17, 15) is 4.79 Å². The van der Waals surface area contributed by atoms with Crippen LogP contribution in [0, 0.1) is 0 Å². The molecule has 14 heavy (non-hydrogen) atoms. The van der Waals surface area contributed by atoms with Crippen molar-refractivity contribution in [3.05, 3.63) is 0 Å². The Morgan fingerprint density at radius 3 is 2.43 bits per heavy atom. The van der Waals surface area contributed by atoms with Gasteiger partial charge in [0.15, 0.2) is 0 Å². The molecule has 0 saturated carbocycles. The van der Waals surface area contributed by atoms with Gasteiger partial charge in [-0.25, -0.2) is 5.84 Å². The quantitative estimate of drug-likeness (QED) is 0.358. The van der Waals surface area contributed by atoms with Crippen molar-refractivity contribution < 1.29 is 9.53 Å². The largest absolute Gasteiger partial charge is 0.373 e. The van der Waals surface area contributed by atoms with E-state index in [0.717, 1.165) is 13.1 Å². The molecule has 0 aromatic carbocycles. The fraction of sp³-hybridized carbons (Fsp3) is 0.889. The average Bonchev–Trinajstić information content (AvgIpc) is 2.14. The molecule has 0 aromatic rings. The van der Waals surface area contributed by atoms with E-state index in [-0.39, 0.29) is 24.2 Å². The van der Waals surface area contributed by atoms with Gasteiger partial charge in [0.25, 0.3) is 5.91 Å². The van der Waals surface area contributed by atoms with Crippen molar-refractivity contribution in [2.75, 3.05) is 13.1 Å². The minimum absolute atomic E-state index is 0.147. The van der Waals surface area contributed by atoms with E-state index >= 15 is 0 Å². The van der Waals surface area contributed by atoms with Crippen molar-refractivity contribution in [3.8, 4) is 0 Å². The number of nitrogens with two attached hydrogens (primary N) is 1. The Labute approximate surface area is 84.5 Å². The summed E-state index contributed by atoms with van der Waals surface area (Å²) in [7, 11) is 0. The first-order valence-electron chi connectivity index (χ1n) is 4.94. The zero-order valence-corrected chi connectivity index (χ0v) is 8.99. The van der Waals surface area contributed by atoms with Gasteiger partial charge in [-0.1, -0.05) is 0 Å². The summed E-state index contributed by atoms with van der Waals surface area (Å²) in [5, 5.41) is 0. The minimum Gasteiger partial charge on any atom is -0.373 e. The van der Waals surface area contributed by atoms with Gasteiger partial charge in [0.2, 0.25) is 0 Å². The highest BCUT2D eigenvalue weighted by molar-refractivity contribution is 5.80. The number of amides is 1. The molecule has 3 atom stereocenters. The van der Waals surface area contributed by atoms with Gasteiger partial charge in [-0.15, -0.1) is 0 Å². The number of nitrogens with zero attached hydrogens (tertiary/aromatic N) is 1. The number of hydrogen-bond acceptors (Lipinski definition) is 4. The van der Waals surface area contributed by atoms with E-state index in [2.05, 4.69) is 10.3 Å². The van der Waals surface area contributed by atoms with E-state index < -0.39 is 0 Å². The molecule has 0 unspecified atom stereocenters. The van der Waals surface area contributed by atoms with Gasteiger partial charge in [0, 0.05) is 13.1 Å². The first kappa shape index (κ1) is 11.4. The van der Waals surface area contributed by atoms with Crippen LogP contribution < -0.4 is 11.3 Å². The second-order valence-corrected chi connectivity index (χ2v) is 3.90. The number of hydrogen-bond donors (Lipinski definition) is 2. The summed E-state index contributed by atoms with van der Waals surface area (Å²) in [4.78, 5) is 13.4. The van der Waals surface area contributed by atoms with Crippen molar-refractivity contribution in [2.24, 2.45) is 5.84 Å². The maximum absolute atomic E-state index is 11.3. The Bertz CT molecular complexity index is 200. The smallest absolute Gasteiger partial charge is 0.250 e. The summed E-state index contributed by atoms with van der Waals surface area (Å²) in [6, 6.07) is -0.186. The van der Waals surface area contributed by atoms with Crippen LogP contribution >= 0.6 is 0 Å². The normalized spacial score (nSPS) is 31.1. The molecule has 1 heterocycles. The Hall–Kier alpha value is -0.650. The Morgan fingerprint density at radius 1 is 1.50 bits per heavy atom. The molecule has 0 aromatic heterocycles. The molecule has 1 aliphatic heterocycles. The van der Waals surface area contributed by atoms with E-state index in [1.807, 2.05) is 20.8 Å². The fourth-order valence-electron chi connectivity index (χ4n) is 1.82. The standard InChI is InChI=1S/C9H19N3O2/c1-6-4-12(5-7(2)14-6)8(3)9(13)11-10/h6-8H,4-5,10H2,1-3H3,(H,11,13)/t6-,7+,8-/m1/s1. The molecule has 3 N–H and O–H groups in total. The van der Waals surface area contributed by atoms with Gasteiger partial charge >= 0.3 is 0 Å². The van der Waals surface area contributed by atoms with Crippen LogP contribution in [0.2, 0.25) is 0 Å². The maximum Gasteiger partial charge on any atom is 0.250 e. The predicted molar refractivity (Wildman–Crippen MR) is 53.4 cm³/mol. The lowest BCUT2D eigenvalue weighted by Gasteiger charge is -2.37. The molecular weight excluding hydrogens is 182 g/mol. The monoisotopic (exact) mass is 201 g/mol. The second kappa shape index (κ2) is 4.72. The van der Waals surface area contributed by atoms with Crippen molar-refractivity contribution >= 4 is 5.91 Å². The number of carbonyl (C=O) groups excluding carboxylic acids is 1. The third-order valence-corrected chi connectivity index (χ3v) is 2.52. The lowest BCUT2D eigenvalue weighted by atomic mass is 10.1. The van der Waals surface area contributed by atoms with Crippen LogP contribution in [0.25, 0.3) is 0 Å². The van der Waals surface area contributed by atoms with Crippen molar-refractivity contribution in [2.45, 2.75) is 39.0 Å². The van der Waals surface area contributed by atoms with E-state index in [1.165, 1.54) is 0 Å². The summed E-state index contributed by atoms with van der Waals surface area (Å²) in [5.74, 6) is 4.94. The van der Waals surface area contributed by atoms with E-state index in [1.54, 1.807) is 0 Å². The molecule has 1 rings (SSSR count). The molecule has 1 saturated heterocycles. The van der Waals surface area contributed by atoms with Gasteiger partial charge < -0.3 is 4.74 Å². The highest BCUT2D eigenvalue weighted by atomic mass is 16.5. The molecule has 0 spiro atoms. The zero-order chi connectivity index (χ0) is 10.7. The van der Waals surface area contributed by atoms with Crippen molar-refractivity contribution in [1.29, 1.82) is 0 Å². The molecule has 5 nitrogen and oxygen atoms in total. The second-order valence-electron chi connectivity index (χ2n) is 3.90. The topological polar surface area (TPSA) is 67.6 Å². The summed E-state index contributed by atoms with van der Waals surface area (Å²) in [6.07, 6.45) is 0.346. The van der Waals surface area contributed by atoms with E-state index in [4.69, 9.17) is 10.6 Å². The molecule has 1 aliphatic rings. The number of hydrazine groups is 1. The van der Waals surface area contributed by atoms with Crippen LogP contribution in [0.5, 0.6) is 0 Å². The van der Waals surface area contributed by atoms with Crippen LogP contribution in [0.15, 0.2) is 0 Å². The summed E-state index contributed by atoms with van der Waals surface area (Å²) >= 11 is 0. The fourth-order valence-corrected chi connectivity index (χ4v) is 1.82. The predicted octanol–water partition coefficient (Wildman–Crippen LogP) is -0.526. The molecule has 0 bridgehead atoms. The van der Waals surface area contributed by atoms with Crippen LogP contribution in [0.4, 0.5) is 0 Å². The van der Waals surface area contributed by atoms with Gasteiger partial charge in [-0.05, 0) is 20.8 Å². The first-order valence-corrected chi connectivity index (χ1v) is 4.94. The molecule has 1 fully saturated rings. The Morgan fingerprint density at radius 2 is 2.00 bits per heavy atom. The molecule has 0 aliphatic carbocycles. The number of carbonyl (C=O) groups is 1. The van der Waals surface area contributed by atoms with Gasteiger partial charge in [-0.3, -0.25) is 15.1 Å². The molecular formula is C9H19N3O2. The molecule has 0 radical (unpaired) electrons. The van der Waals surface area contributed by atoms with Crippen LogP contribution in [0.3, 0.4) is 0 Å². The Kier molecular flexibility index (Phi) is 3.86. The number of morpholine rings is 1. The third-order valence-electron chi connectivity index (χ3n) is 2.52. The summed E-state index contributed by atoms with van der Waals surface area (Å²) < 4.78 is 5.58. The zero-order valence-electron chi connectivity index (χ0n) is 8.99. The first-order chi connectivity index (χ1) is 6.54. The highest BCUT2D eigenvalue weighted by Gasteiger charge is 2.28. The maximum atomic E-state index is 11.3. The summed E-state index contributed by atoms with van der Waals surface area (Å²) in [6.45, 7) is 7.43. The van der Waals surface area contributed by atoms with Crippen LogP contribution in [0.1, 0.15) is 20.8 Å². The third kappa shape index (κ3) is 2.67.